The smallest absolute Gasteiger partial charge is 0.0555 e. The van der Waals surface area contributed by atoms with E-state index in [1.165, 1.54) is 11.1 Å². The molecule has 0 atom stereocenters. The molecule has 2 aromatic rings. The van der Waals surface area contributed by atoms with Gasteiger partial charge in [0.05, 0.1) is 5.69 Å². The molecule has 4 heteroatoms. The summed E-state index contributed by atoms with van der Waals surface area (Å²) in [5.41, 5.74) is 12.1. The van der Waals surface area contributed by atoms with Crippen LogP contribution in [-0.4, -0.2) is 18.2 Å². The third kappa shape index (κ3) is 3.48. The fraction of sp³-hybridized carbons (Fsp3) is 0.158. The number of dihydropyridines is 1. The lowest BCUT2D eigenvalue weighted by atomic mass is 10.0. The van der Waals surface area contributed by atoms with E-state index in [1.807, 2.05) is 6.20 Å². The van der Waals surface area contributed by atoms with E-state index in [1.54, 1.807) is 25.5 Å². The number of nitrogens with one attached hydrogen (secondary N) is 1. The fourth-order valence-electron chi connectivity index (χ4n) is 2.66. The van der Waals surface area contributed by atoms with Crippen molar-refractivity contribution < 1.29 is 0 Å². The van der Waals surface area contributed by atoms with Crippen LogP contribution in [0.5, 0.6) is 0 Å². The average Bonchev–Trinajstić information content (AvgIpc) is 2.59. The van der Waals surface area contributed by atoms with Crippen LogP contribution in [0.3, 0.4) is 0 Å². The summed E-state index contributed by atoms with van der Waals surface area (Å²) in [6, 6.07) is 10.3. The molecule has 0 saturated heterocycles. The van der Waals surface area contributed by atoms with Crippen molar-refractivity contribution in [1.82, 2.24) is 10.3 Å². The Kier molecular flexibility index (Phi) is 4.52. The summed E-state index contributed by atoms with van der Waals surface area (Å²) in [6.45, 7) is 0. The van der Waals surface area contributed by atoms with Crippen LogP contribution in [0, 0.1) is 0 Å². The van der Waals surface area contributed by atoms with Crippen LogP contribution in [-0.2, 0) is 6.42 Å². The summed E-state index contributed by atoms with van der Waals surface area (Å²) in [4.78, 5) is 8.57. The van der Waals surface area contributed by atoms with E-state index in [0.29, 0.717) is 5.69 Å². The fourth-order valence-corrected chi connectivity index (χ4v) is 2.66. The van der Waals surface area contributed by atoms with Crippen LogP contribution in [0.15, 0.2) is 59.9 Å². The highest BCUT2D eigenvalue weighted by Crippen LogP contribution is 2.20. The molecular weight excluding hydrogens is 284 g/mol. The molecule has 1 aromatic heterocycles. The normalized spacial score (nSPS) is 13.9. The number of benzene rings is 1. The number of aromatic nitrogens is 1. The minimum atomic E-state index is 0.707. The maximum atomic E-state index is 6.05. The van der Waals surface area contributed by atoms with Crippen LogP contribution in [0.2, 0.25) is 0 Å². The molecule has 1 aromatic carbocycles. The van der Waals surface area contributed by atoms with Gasteiger partial charge in [-0.15, -0.1) is 0 Å². The highest BCUT2D eigenvalue weighted by atomic mass is 14.9. The van der Waals surface area contributed by atoms with Crippen LogP contribution >= 0.6 is 0 Å². The van der Waals surface area contributed by atoms with E-state index >= 15 is 0 Å². The minimum absolute atomic E-state index is 0.707. The van der Waals surface area contributed by atoms with Gasteiger partial charge < -0.3 is 11.1 Å². The number of hydrogen-bond acceptors (Lipinski definition) is 4. The van der Waals surface area contributed by atoms with Crippen molar-refractivity contribution in [3.05, 3.63) is 77.3 Å². The molecule has 0 bridgehead atoms. The topological polar surface area (TPSA) is 63.3 Å². The predicted octanol–water partition coefficient (Wildman–Crippen LogP) is 3.15. The summed E-state index contributed by atoms with van der Waals surface area (Å²) in [5.74, 6) is 0. The lowest BCUT2D eigenvalue weighted by Crippen LogP contribution is -2.07. The zero-order chi connectivity index (χ0) is 16.1. The van der Waals surface area contributed by atoms with E-state index < -0.39 is 0 Å². The van der Waals surface area contributed by atoms with Crippen molar-refractivity contribution >= 4 is 17.6 Å². The van der Waals surface area contributed by atoms with Crippen molar-refractivity contribution in [1.29, 1.82) is 0 Å². The third-order valence-electron chi connectivity index (χ3n) is 3.79. The minimum Gasteiger partial charge on any atom is -0.398 e. The van der Waals surface area contributed by atoms with Crippen LogP contribution in [0.1, 0.15) is 28.8 Å². The van der Waals surface area contributed by atoms with Crippen LogP contribution in [0.25, 0.3) is 5.70 Å². The highest BCUT2D eigenvalue weighted by molar-refractivity contribution is 5.88. The second-order valence-electron chi connectivity index (χ2n) is 5.43. The second-order valence-corrected chi connectivity index (χ2v) is 5.43. The van der Waals surface area contributed by atoms with Crippen molar-refractivity contribution in [2.45, 2.75) is 12.8 Å². The number of pyridine rings is 1. The zero-order valence-corrected chi connectivity index (χ0v) is 13.2. The Labute approximate surface area is 136 Å². The molecule has 0 amide bonds. The molecule has 0 fully saturated rings. The summed E-state index contributed by atoms with van der Waals surface area (Å²) >= 11 is 0. The number of hydrogen-bond donors (Lipinski definition) is 2. The van der Waals surface area contributed by atoms with Crippen molar-refractivity contribution in [3.8, 4) is 0 Å². The van der Waals surface area contributed by atoms with E-state index in [2.05, 4.69) is 51.7 Å². The molecular formula is C19H20N4. The van der Waals surface area contributed by atoms with Gasteiger partial charge >= 0.3 is 0 Å². The molecule has 0 aliphatic carbocycles. The summed E-state index contributed by atoms with van der Waals surface area (Å²) < 4.78 is 0. The second kappa shape index (κ2) is 6.92. The lowest BCUT2D eigenvalue weighted by molar-refractivity contribution is 1.06. The first-order valence-electron chi connectivity index (χ1n) is 7.64. The largest absolute Gasteiger partial charge is 0.398 e. The van der Waals surface area contributed by atoms with Gasteiger partial charge in [-0.05, 0) is 35.9 Å². The Balaban J connectivity index is 1.89. The molecule has 0 saturated carbocycles. The summed E-state index contributed by atoms with van der Waals surface area (Å²) in [6.07, 6.45) is 11.5. The molecule has 0 unspecified atom stereocenters. The van der Waals surface area contributed by atoms with Gasteiger partial charge in [0.25, 0.3) is 0 Å². The molecule has 3 rings (SSSR count). The number of nitrogen functional groups attached to an aromatic ring is 1. The monoisotopic (exact) mass is 304 g/mol. The van der Waals surface area contributed by atoms with Crippen LogP contribution in [0.4, 0.5) is 5.69 Å². The van der Waals surface area contributed by atoms with Gasteiger partial charge in [-0.2, -0.15) is 0 Å². The summed E-state index contributed by atoms with van der Waals surface area (Å²) in [7, 11) is 1.74. The van der Waals surface area contributed by atoms with Gasteiger partial charge in [0, 0.05) is 42.8 Å². The molecule has 0 spiro atoms. The maximum absolute atomic E-state index is 6.05. The molecule has 0 radical (unpaired) electrons. The van der Waals surface area contributed by atoms with E-state index in [9.17, 15) is 0 Å². The first kappa shape index (κ1) is 15.0. The summed E-state index contributed by atoms with van der Waals surface area (Å²) in [5, 5.41) is 3.29. The number of anilines is 1. The molecule has 116 valence electrons. The molecule has 1 aliphatic heterocycles. The van der Waals surface area contributed by atoms with Crippen molar-refractivity contribution in [2.75, 3.05) is 12.8 Å². The van der Waals surface area contributed by atoms with Crippen LogP contribution < -0.4 is 11.1 Å². The first-order valence-corrected chi connectivity index (χ1v) is 7.64. The Morgan fingerprint density at radius 2 is 2.26 bits per heavy atom. The Bertz CT molecular complexity index is 788. The molecule has 4 nitrogen and oxygen atoms in total. The number of nitrogens with zero attached hydrogens (tertiary/aromatic N) is 2. The number of nitrogens with two attached hydrogens (primary N) is 1. The quantitative estimate of drug-likeness (QED) is 0.853. The molecule has 1 aliphatic rings. The highest BCUT2D eigenvalue weighted by Gasteiger charge is 2.08. The maximum Gasteiger partial charge on any atom is 0.0555 e. The Morgan fingerprint density at radius 3 is 3.04 bits per heavy atom. The standard InChI is InChI=1S/C19H20N4/c1-21-13-16-17(20)8-10-23-19(16)12-14-5-4-6-15(11-14)18-7-2-3-9-22-18/h3-11,13,22H,2,12H2,1H3,(H2,20,23). The number of aliphatic imine (C=N–C) groups is 1. The molecule has 23 heavy (non-hydrogen) atoms. The van der Waals surface area contributed by atoms with Gasteiger partial charge in [0.1, 0.15) is 0 Å². The van der Waals surface area contributed by atoms with Gasteiger partial charge in [-0.3, -0.25) is 9.98 Å². The van der Waals surface area contributed by atoms with Gasteiger partial charge in [-0.25, -0.2) is 0 Å². The zero-order valence-electron chi connectivity index (χ0n) is 13.2. The van der Waals surface area contributed by atoms with Crippen molar-refractivity contribution in [3.63, 3.8) is 0 Å². The Hall–Kier alpha value is -2.88. The number of rotatable bonds is 4. The first-order chi connectivity index (χ1) is 11.3. The van der Waals surface area contributed by atoms with E-state index in [4.69, 9.17) is 5.73 Å². The third-order valence-corrected chi connectivity index (χ3v) is 3.79. The SMILES string of the molecule is CN=Cc1c(N)ccnc1Cc1cccc(C2=CCC=CN2)c1. The lowest BCUT2D eigenvalue weighted by Gasteiger charge is -2.13. The van der Waals surface area contributed by atoms with Crippen molar-refractivity contribution in [2.24, 2.45) is 4.99 Å². The van der Waals surface area contributed by atoms with E-state index in [-0.39, 0.29) is 0 Å². The Morgan fingerprint density at radius 1 is 1.35 bits per heavy atom. The van der Waals surface area contributed by atoms with E-state index in [0.717, 1.165) is 29.8 Å². The van der Waals surface area contributed by atoms with Gasteiger partial charge in [0.2, 0.25) is 0 Å². The molecule has 3 N–H and O–H groups in total. The molecule has 2 heterocycles. The number of allylic oxidation sites excluding steroid dienone is 2. The van der Waals surface area contributed by atoms with Gasteiger partial charge in [0.15, 0.2) is 0 Å². The average molecular weight is 304 g/mol. The predicted molar refractivity (Wildman–Crippen MR) is 96.3 cm³/mol. The van der Waals surface area contributed by atoms with Gasteiger partial charge in [-0.1, -0.05) is 30.4 Å².